The summed E-state index contributed by atoms with van der Waals surface area (Å²) in [6.45, 7) is 3.87. The topological polar surface area (TPSA) is 44.1 Å². The van der Waals surface area contributed by atoms with Gasteiger partial charge in [0.05, 0.1) is 18.8 Å². The van der Waals surface area contributed by atoms with Gasteiger partial charge in [-0.25, -0.2) is 0 Å². The molecule has 0 N–H and O–H groups in total. The lowest BCUT2D eigenvalue weighted by molar-refractivity contribution is 0.410. The van der Waals surface area contributed by atoms with Crippen molar-refractivity contribution in [3.8, 4) is 17.6 Å². The molecular weight excluding hydrogens is 288 g/mol. The second kappa shape index (κ2) is 6.29. The highest BCUT2D eigenvalue weighted by Gasteiger charge is 2.18. The quantitative estimate of drug-likeness (QED) is 0.819. The highest BCUT2D eigenvalue weighted by molar-refractivity contribution is 5.34. The Morgan fingerprint density at radius 1 is 1.35 bits per heavy atom. The number of methoxy groups -OCH3 is 1. The summed E-state index contributed by atoms with van der Waals surface area (Å²) >= 11 is 0. The number of aromatic nitrogens is 2. The summed E-state index contributed by atoms with van der Waals surface area (Å²) < 4.78 is 6.86. The van der Waals surface area contributed by atoms with Crippen molar-refractivity contribution in [1.29, 1.82) is 0 Å². The molecule has 1 saturated carbocycles. The second-order valence-electron chi connectivity index (χ2n) is 5.94. The number of ether oxygens (including phenoxy) is 1. The highest BCUT2D eigenvalue weighted by atomic mass is 16.5. The first kappa shape index (κ1) is 15.4. The molecule has 0 bridgehead atoms. The SMILES string of the molecule is COc1cc(C)n(C(C)c2ccc(C#CC3CC3)cn2)c(=O)c1. The number of hydrogen-bond acceptors (Lipinski definition) is 3. The number of rotatable bonds is 3. The lowest BCUT2D eigenvalue weighted by atomic mass is 10.1. The molecule has 3 rings (SSSR count). The first-order chi connectivity index (χ1) is 11.1. The molecule has 4 heteroatoms. The van der Waals surface area contributed by atoms with E-state index < -0.39 is 0 Å². The van der Waals surface area contributed by atoms with Gasteiger partial charge in [-0.2, -0.15) is 0 Å². The molecule has 23 heavy (non-hydrogen) atoms. The number of aryl methyl sites for hydroxylation is 1. The zero-order valence-corrected chi connectivity index (χ0v) is 13.7. The summed E-state index contributed by atoms with van der Waals surface area (Å²) in [5, 5.41) is 0. The molecule has 118 valence electrons. The molecular formula is C19H20N2O2. The van der Waals surface area contributed by atoms with Crippen LogP contribution >= 0.6 is 0 Å². The first-order valence-electron chi connectivity index (χ1n) is 7.83. The Balaban J connectivity index is 1.87. The van der Waals surface area contributed by atoms with E-state index in [4.69, 9.17) is 4.74 Å². The predicted octanol–water partition coefficient (Wildman–Crippen LogP) is 2.93. The summed E-state index contributed by atoms with van der Waals surface area (Å²) in [4.78, 5) is 16.8. The van der Waals surface area contributed by atoms with Gasteiger partial charge in [0.2, 0.25) is 0 Å². The van der Waals surface area contributed by atoms with Crippen LogP contribution in [-0.4, -0.2) is 16.7 Å². The zero-order chi connectivity index (χ0) is 16.4. The van der Waals surface area contributed by atoms with Crippen LogP contribution in [0.15, 0.2) is 35.3 Å². The third-order valence-corrected chi connectivity index (χ3v) is 4.07. The molecule has 1 aliphatic rings. The van der Waals surface area contributed by atoms with E-state index >= 15 is 0 Å². The van der Waals surface area contributed by atoms with E-state index in [-0.39, 0.29) is 11.6 Å². The summed E-state index contributed by atoms with van der Waals surface area (Å²) in [7, 11) is 1.56. The minimum atomic E-state index is -0.140. The lowest BCUT2D eigenvalue weighted by Crippen LogP contribution is -2.26. The van der Waals surface area contributed by atoms with Gasteiger partial charge in [-0.1, -0.05) is 11.8 Å². The van der Waals surface area contributed by atoms with E-state index in [9.17, 15) is 4.79 Å². The number of nitrogens with zero attached hydrogens (tertiary/aromatic N) is 2. The molecule has 0 radical (unpaired) electrons. The smallest absolute Gasteiger partial charge is 0.255 e. The van der Waals surface area contributed by atoms with Crippen LogP contribution < -0.4 is 10.3 Å². The largest absolute Gasteiger partial charge is 0.496 e. The summed E-state index contributed by atoms with van der Waals surface area (Å²) in [5.74, 6) is 7.53. The second-order valence-corrected chi connectivity index (χ2v) is 5.94. The van der Waals surface area contributed by atoms with Crippen molar-refractivity contribution < 1.29 is 4.74 Å². The Labute approximate surface area is 136 Å². The van der Waals surface area contributed by atoms with Gasteiger partial charge >= 0.3 is 0 Å². The maximum atomic E-state index is 12.3. The van der Waals surface area contributed by atoms with Crippen LogP contribution in [0.2, 0.25) is 0 Å². The Hall–Kier alpha value is -2.54. The molecule has 2 aromatic rings. The molecule has 0 amide bonds. The fraction of sp³-hybridized carbons (Fsp3) is 0.368. The molecule has 1 unspecified atom stereocenters. The first-order valence-corrected chi connectivity index (χ1v) is 7.83. The van der Waals surface area contributed by atoms with E-state index in [0.29, 0.717) is 11.7 Å². The molecule has 1 aliphatic carbocycles. The van der Waals surface area contributed by atoms with Crippen LogP contribution in [0.5, 0.6) is 5.75 Å². The van der Waals surface area contributed by atoms with Crippen molar-refractivity contribution in [1.82, 2.24) is 9.55 Å². The minimum absolute atomic E-state index is 0.0891. The molecule has 2 aromatic heterocycles. The molecule has 0 aliphatic heterocycles. The minimum Gasteiger partial charge on any atom is -0.496 e. The van der Waals surface area contributed by atoms with Gasteiger partial charge in [-0.3, -0.25) is 9.78 Å². The van der Waals surface area contributed by atoms with E-state index in [1.807, 2.05) is 32.0 Å². The summed E-state index contributed by atoms with van der Waals surface area (Å²) in [6.07, 6.45) is 4.22. The van der Waals surface area contributed by atoms with Crippen LogP contribution in [-0.2, 0) is 0 Å². The maximum absolute atomic E-state index is 12.3. The average molecular weight is 308 g/mol. The van der Waals surface area contributed by atoms with Gasteiger partial charge in [-0.15, -0.1) is 0 Å². The average Bonchev–Trinajstić information content (AvgIpc) is 3.36. The lowest BCUT2D eigenvalue weighted by Gasteiger charge is -2.18. The Morgan fingerprint density at radius 3 is 2.70 bits per heavy atom. The van der Waals surface area contributed by atoms with Crippen LogP contribution in [0, 0.1) is 24.7 Å². The Bertz CT molecular complexity index is 821. The predicted molar refractivity (Wildman–Crippen MR) is 89.6 cm³/mol. The van der Waals surface area contributed by atoms with Gasteiger partial charge in [0.25, 0.3) is 5.56 Å². The van der Waals surface area contributed by atoms with Gasteiger partial charge in [0.1, 0.15) is 5.75 Å². The van der Waals surface area contributed by atoms with Crippen molar-refractivity contribution in [2.75, 3.05) is 7.11 Å². The molecule has 2 heterocycles. The maximum Gasteiger partial charge on any atom is 0.255 e. The molecule has 1 atom stereocenters. The summed E-state index contributed by atoms with van der Waals surface area (Å²) in [6, 6.07) is 7.13. The molecule has 0 saturated heterocycles. The standard InChI is InChI=1S/C19H20N2O2/c1-13-10-17(23-3)11-19(22)21(13)14(2)18-9-8-16(12-20-18)7-6-15-4-5-15/h8-12,14-15H,4-5H2,1-3H3. The van der Waals surface area contributed by atoms with Crippen LogP contribution in [0.3, 0.4) is 0 Å². The van der Waals surface area contributed by atoms with E-state index in [2.05, 4.69) is 16.8 Å². The third-order valence-electron chi connectivity index (χ3n) is 4.07. The fourth-order valence-corrected chi connectivity index (χ4v) is 2.57. The monoisotopic (exact) mass is 308 g/mol. The van der Waals surface area contributed by atoms with Gasteiger partial charge in [-0.05, 0) is 44.9 Å². The third kappa shape index (κ3) is 3.45. The molecule has 0 spiro atoms. The zero-order valence-electron chi connectivity index (χ0n) is 13.7. The van der Waals surface area contributed by atoms with Crippen molar-refractivity contribution in [2.45, 2.75) is 32.7 Å². The van der Waals surface area contributed by atoms with Crippen LogP contribution in [0.4, 0.5) is 0 Å². The van der Waals surface area contributed by atoms with Crippen molar-refractivity contribution in [3.63, 3.8) is 0 Å². The van der Waals surface area contributed by atoms with Crippen LogP contribution in [0.1, 0.15) is 42.8 Å². The van der Waals surface area contributed by atoms with E-state index in [1.165, 1.54) is 18.9 Å². The summed E-state index contributed by atoms with van der Waals surface area (Å²) in [5.41, 5.74) is 2.53. The number of hydrogen-bond donors (Lipinski definition) is 0. The van der Waals surface area contributed by atoms with Crippen molar-refractivity contribution in [3.05, 3.63) is 57.8 Å². The van der Waals surface area contributed by atoms with Gasteiger partial charge < -0.3 is 9.30 Å². The fourth-order valence-electron chi connectivity index (χ4n) is 2.57. The van der Waals surface area contributed by atoms with Crippen molar-refractivity contribution >= 4 is 0 Å². The van der Waals surface area contributed by atoms with Crippen LogP contribution in [0.25, 0.3) is 0 Å². The highest BCUT2D eigenvalue weighted by Crippen LogP contribution is 2.27. The molecule has 1 fully saturated rings. The number of pyridine rings is 2. The molecule has 0 aromatic carbocycles. The van der Waals surface area contributed by atoms with E-state index in [1.54, 1.807) is 17.9 Å². The normalized spacial score (nSPS) is 14.7. The van der Waals surface area contributed by atoms with Gasteiger partial charge in [0.15, 0.2) is 0 Å². The Morgan fingerprint density at radius 2 is 2.13 bits per heavy atom. The van der Waals surface area contributed by atoms with Gasteiger partial charge in [0, 0.05) is 29.4 Å². The molecule has 4 nitrogen and oxygen atoms in total. The van der Waals surface area contributed by atoms with Crippen molar-refractivity contribution in [2.24, 2.45) is 5.92 Å². The Kier molecular flexibility index (Phi) is 4.20. The van der Waals surface area contributed by atoms with E-state index in [0.717, 1.165) is 17.0 Å².